The second kappa shape index (κ2) is 22.7. The summed E-state index contributed by atoms with van der Waals surface area (Å²) < 4.78 is 0. The summed E-state index contributed by atoms with van der Waals surface area (Å²) in [7, 11) is 0. The minimum atomic E-state index is 1.10. The largest absolute Gasteiger partial charge is 0.0961 e. The monoisotopic (exact) mass is 156 g/mol. The van der Waals surface area contributed by atoms with Gasteiger partial charge in [0.2, 0.25) is 0 Å². The van der Waals surface area contributed by atoms with Gasteiger partial charge in [0.1, 0.15) is 0 Å². The number of hydrogen-bond donors (Lipinski definition) is 0. The van der Waals surface area contributed by atoms with E-state index in [-0.39, 0.29) is 0 Å². The molecule has 0 heteroatoms. The topological polar surface area (TPSA) is 0 Å². The lowest BCUT2D eigenvalue weighted by Crippen LogP contribution is -1.58. The molecule has 0 aromatic heterocycles. The molecule has 0 aliphatic heterocycles. The second-order valence-corrected chi connectivity index (χ2v) is 1.66. The number of hydrogen-bond acceptors (Lipinski definition) is 0. The molecule has 0 aromatic carbocycles. The summed E-state index contributed by atoms with van der Waals surface area (Å²) >= 11 is 0. The van der Waals surface area contributed by atoms with Crippen LogP contribution < -0.4 is 0 Å². The van der Waals surface area contributed by atoms with Crippen LogP contribution in [0.2, 0.25) is 0 Å². The molecule has 0 spiro atoms. The van der Waals surface area contributed by atoms with E-state index in [4.69, 9.17) is 0 Å². The van der Waals surface area contributed by atoms with Crippen LogP contribution in [0.15, 0.2) is 24.3 Å². The molecule has 0 aliphatic carbocycles. The normalized spacial score (nSPS) is 7.45. The Morgan fingerprint density at radius 2 is 1.55 bits per heavy atom. The van der Waals surface area contributed by atoms with E-state index < -0.39 is 0 Å². The zero-order valence-corrected chi connectivity index (χ0v) is 9.07. The third kappa shape index (κ3) is 43.8. The SMILES string of the molecule is C=C(C)/C=C\CC.CC.CC. The molecular weight excluding hydrogens is 132 g/mol. The van der Waals surface area contributed by atoms with Crippen LogP contribution in [-0.2, 0) is 0 Å². The lowest BCUT2D eigenvalue weighted by molar-refractivity contribution is 1.22. The Labute approximate surface area is 73.0 Å². The van der Waals surface area contributed by atoms with Crippen LogP contribution in [0.1, 0.15) is 48.0 Å². The maximum absolute atomic E-state index is 3.71. The lowest BCUT2D eigenvalue weighted by Gasteiger charge is -1.79. The van der Waals surface area contributed by atoms with Crippen LogP contribution in [0.25, 0.3) is 0 Å². The zero-order chi connectivity index (χ0) is 9.70. The van der Waals surface area contributed by atoms with Crippen molar-refractivity contribution in [2.24, 2.45) is 0 Å². The van der Waals surface area contributed by atoms with Crippen molar-refractivity contribution in [2.75, 3.05) is 0 Å². The summed E-state index contributed by atoms with van der Waals surface area (Å²) in [6, 6.07) is 0. The first kappa shape index (κ1) is 16.8. The summed E-state index contributed by atoms with van der Waals surface area (Å²) in [6.07, 6.45) is 5.23. The summed E-state index contributed by atoms with van der Waals surface area (Å²) in [5, 5.41) is 0. The standard InChI is InChI=1S/C7H12.2C2H6/c1-4-5-6-7(2)3;2*1-2/h5-6H,2,4H2,1,3H3;2*1-2H3/b6-5-;;. The van der Waals surface area contributed by atoms with Crippen LogP contribution in [0.4, 0.5) is 0 Å². The zero-order valence-electron chi connectivity index (χ0n) is 9.07. The Kier molecular flexibility index (Phi) is 34.7. The molecule has 68 valence electrons. The van der Waals surface area contributed by atoms with Gasteiger partial charge in [-0.3, -0.25) is 0 Å². The summed E-state index contributed by atoms with van der Waals surface area (Å²) in [5.74, 6) is 0. The average molecular weight is 156 g/mol. The van der Waals surface area contributed by atoms with Crippen molar-refractivity contribution in [1.29, 1.82) is 0 Å². The molecule has 0 nitrogen and oxygen atoms in total. The van der Waals surface area contributed by atoms with Gasteiger partial charge in [0.05, 0.1) is 0 Å². The van der Waals surface area contributed by atoms with Crippen molar-refractivity contribution in [3.63, 3.8) is 0 Å². The van der Waals surface area contributed by atoms with Crippen LogP contribution in [0.3, 0.4) is 0 Å². The Balaban J connectivity index is -0.000000138. The van der Waals surface area contributed by atoms with Crippen LogP contribution >= 0.6 is 0 Å². The van der Waals surface area contributed by atoms with Gasteiger partial charge in [-0.15, -0.1) is 0 Å². The van der Waals surface area contributed by atoms with E-state index in [1.54, 1.807) is 0 Å². The highest BCUT2D eigenvalue weighted by Gasteiger charge is 1.67. The Bertz CT molecular complexity index is 78.0. The van der Waals surface area contributed by atoms with E-state index >= 15 is 0 Å². The predicted molar refractivity (Wildman–Crippen MR) is 56.9 cm³/mol. The molecular formula is C11H24. The molecule has 0 amide bonds. The minimum absolute atomic E-state index is 1.10. The lowest BCUT2D eigenvalue weighted by atomic mass is 10.3. The van der Waals surface area contributed by atoms with Crippen LogP contribution in [0, 0.1) is 0 Å². The molecule has 11 heavy (non-hydrogen) atoms. The molecule has 0 saturated heterocycles. The van der Waals surface area contributed by atoms with Crippen molar-refractivity contribution in [2.45, 2.75) is 48.0 Å². The van der Waals surface area contributed by atoms with Crippen molar-refractivity contribution in [3.8, 4) is 0 Å². The Morgan fingerprint density at radius 1 is 1.18 bits per heavy atom. The van der Waals surface area contributed by atoms with Crippen molar-refractivity contribution in [1.82, 2.24) is 0 Å². The molecule has 0 heterocycles. The maximum atomic E-state index is 3.71. The van der Waals surface area contributed by atoms with Crippen LogP contribution in [-0.4, -0.2) is 0 Å². The summed E-state index contributed by atoms with van der Waals surface area (Å²) in [5.41, 5.74) is 1.13. The van der Waals surface area contributed by atoms with Gasteiger partial charge in [-0.1, -0.05) is 58.9 Å². The van der Waals surface area contributed by atoms with Gasteiger partial charge in [0.25, 0.3) is 0 Å². The Hall–Kier alpha value is -0.520. The van der Waals surface area contributed by atoms with Gasteiger partial charge >= 0.3 is 0 Å². The van der Waals surface area contributed by atoms with E-state index in [1.165, 1.54) is 0 Å². The van der Waals surface area contributed by atoms with E-state index in [9.17, 15) is 0 Å². The smallest absolute Gasteiger partial charge is 0.0376 e. The second-order valence-electron chi connectivity index (χ2n) is 1.66. The fourth-order valence-electron chi connectivity index (χ4n) is 0.319. The first-order chi connectivity index (χ1) is 5.27. The molecule has 0 unspecified atom stereocenters. The molecule has 0 atom stereocenters. The Morgan fingerprint density at radius 3 is 1.64 bits per heavy atom. The number of allylic oxidation sites excluding steroid dienone is 3. The van der Waals surface area contributed by atoms with E-state index in [0.717, 1.165) is 12.0 Å². The number of rotatable bonds is 2. The third-order valence-electron chi connectivity index (χ3n) is 0.638. The van der Waals surface area contributed by atoms with E-state index in [0.29, 0.717) is 0 Å². The third-order valence-corrected chi connectivity index (χ3v) is 0.638. The average Bonchev–Trinajstić information content (AvgIpc) is 2.08. The highest BCUT2D eigenvalue weighted by Crippen LogP contribution is 1.89. The molecule has 0 aliphatic rings. The van der Waals surface area contributed by atoms with Gasteiger partial charge in [0, 0.05) is 0 Å². The van der Waals surface area contributed by atoms with Gasteiger partial charge in [-0.05, 0) is 13.3 Å². The molecule has 0 fully saturated rings. The molecule has 0 radical (unpaired) electrons. The predicted octanol–water partition coefficient (Wildman–Crippen LogP) is 4.58. The van der Waals surface area contributed by atoms with Crippen molar-refractivity contribution < 1.29 is 0 Å². The summed E-state index contributed by atoms with van der Waals surface area (Å²) in [4.78, 5) is 0. The maximum Gasteiger partial charge on any atom is -0.0376 e. The quantitative estimate of drug-likeness (QED) is 0.513. The molecule has 0 rings (SSSR count). The fraction of sp³-hybridized carbons (Fsp3) is 0.636. The highest BCUT2D eigenvalue weighted by atomic mass is 13.7. The first-order valence-corrected chi connectivity index (χ1v) is 4.59. The van der Waals surface area contributed by atoms with Gasteiger partial charge in [-0.2, -0.15) is 0 Å². The van der Waals surface area contributed by atoms with Gasteiger partial charge < -0.3 is 0 Å². The first-order valence-electron chi connectivity index (χ1n) is 4.59. The highest BCUT2D eigenvalue weighted by molar-refractivity contribution is 5.10. The molecule has 0 N–H and O–H groups in total. The molecule has 0 saturated carbocycles. The molecule has 0 aromatic rings. The fourth-order valence-corrected chi connectivity index (χ4v) is 0.319. The van der Waals surface area contributed by atoms with Crippen molar-refractivity contribution >= 4 is 0 Å². The van der Waals surface area contributed by atoms with E-state index in [2.05, 4.69) is 19.6 Å². The molecule has 0 bridgehead atoms. The van der Waals surface area contributed by atoms with Crippen LogP contribution in [0.5, 0.6) is 0 Å². The van der Waals surface area contributed by atoms with Gasteiger partial charge in [0.15, 0.2) is 0 Å². The van der Waals surface area contributed by atoms with E-state index in [1.807, 2.05) is 40.7 Å². The van der Waals surface area contributed by atoms with Gasteiger partial charge in [-0.25, -0.2) is 0 Å². The summed E-state index contributed by atoms with van der Waals surface area (Å²) in [6.45, 7) is 15.8. The van der Waals surface area contributed by atoms with Crippen molar-refractivity contribution in [3.05, 3.63) is 24.3 Å². The minimum Gasteiger partial charge on any atom is -0.0961 e.